The van der Waals surface area contributed by atoms with Gasteiger partial charge in [-0.05, 0) is 25.3 Å². The summed E-state index contributed by atoms with van der Waals surface area (Å²) in [5, 5.41) is 6.63. The molecule has 0 heterocycles. The van der Waals surface area contributed by atoms with Crippen molar-refractivity contribution in [3.63, 3.8) is 0 Å². The molecule has 1 aromatic carbocycles. The maximum atomic E-state index is 5.06. The molecule has 0 bridgehead atoms. The van der Waals surface area contributed by atoms with Crippen LogP contribution in [0.4, 0.5) is 0 Å². The average molecular weight is 419 g/mol. The summed E-state index contributed by atoms with van der Waals surface area (Å²) in [5.41, 5.74) is 1.36. The van der Waals surface area contributed by atoms with Crippen LogP contribution in [0.3, 0.4) is 0 Å². The average Bonchev–Trinajstić information content (AvgIpc) is 2.53. The molecule has 0 saturated carbocycles. The third-order valence-electron chi connectivity index (χ3n) is 3.40. The first-order valence-electron chi connectivity index (χ1n) is 7.87. The molecule has 4 nitrogen and oxygen atoms in total. The largest absolute Gasteiger partial charge is 0.385 e. The van der Waals surface area contributed by atoms with Gasteiger partial charge in [0, 0.05) is 39.3 Å². The summed E-state index contributed by atoms with van der Waals surface area (Å²) in [4.78, 5) is 4.71. The topological polar surface area (TPSA) is 45.7 Å². The molecule has 0 aliphatic heterocycles. The van der Waals surface area contributed by atoms with E-state index in [1.165, 1.54) is 5.56 Å². The van der Waals surface area contributed by atoms with Crippen molar-refractivity contribution in [1.82, 2.24) is 10.6 Å². The van der Waals surface area contributed by atoms with Gasteiger partial charge in [0.25, 0.3) is 0 Å². The minimum Gasteiger partial charge on any atom is -0.385 e. The monoisotopic (exact) mass is 419 g/mol. The van der Waals surface area contributed by atoms with E-state index < -0.39 is 0 Å². The first-order valence-corrected chi connectivity index (χ1v) is 7.87. The number of hydrogen-bond donors (Lipinski definition) is 2. The maximum Gasteiger partial charge on any atom is 0.191 e. The number of ether oxygens (including phenoxy) is 1. The lowest BCUT2D eigenvalue weighted by molar-refractivity contribution is 0.195. The number of nitrogens with zero attached hydrogens (tertiary/aromatic N) is 1. The second-order valence-electron chi connectivity index (χ2n) is 5.01. The van der Waals surface area contributed by atoms with Crippen LogP contribution in [-0.4, -0.2) is 39.3 Å². The van der Waals surface area contributed by atoms with Crippen molar-refractivity contribution in [3.8, 4) is 0 Å². The highest BCUT2D eigenvalue weighted by atomic mass is 127. The number of hydrogen-bond acceptors (Lipinski definition) is 2. The van der Waals surface area contributed by atoms with Crippen molar-refractivity contribution in [2.45, 2.75) is 32.6 Å². The van der Waals surface area contributed by atoms with E-state index in [-0.39, 0.29) is 24.0 Å². The lowest BCUT2D eigenvalue weighted by Crippen LogP contribution is -2.38. The summed E-state index contributed by atoms with van der Waals surface area (Å²) in [6, 6.07) is 10.6. The SMILES string of the molecule is CCNC(=NCC(CC)c1ccccc1)NCCCOC.I. The van der Waals surface area contributed by atoms with Crippen molar-refractivity contribution in [2.24, 2.45) is 4.99 Å². The van der Waals surface area contributed by atoms with Gasteiger partial charge in [-0.1, -0.05) is 37.3 Å². The molecule has 1 aromatic rings. The molecule has 1 rings (SSSR count). The molecule has 22 heavy (non-hydrogen) atoms. The molecule has 0 aromatic heterocycles. The number of rotatable bonds is 9. The summed E-state index contributed by atoms with van der Waals surface area (Å²) in [6.07, 6.45) is 2.08. The zero-order chi connectivity index (χ0) is 15.3. The third kappa shape index (κ3) is 8.58. The van der Waals surface area contributed by atoms with Crippen molar-refractivity contribution < 1.29 is 4.74 Å². The lowest BCUT2D eigenvalue weighted by Gasteiger charge is -2.15. The predicted octanol–water partition coefficient (Wildman–Crippen LogP) is 3.39. The Hall–Kier alpha value is -0.820. The Morgan fingerprint density at radius 2 is 1.91 bits per heavy atom. The number of nitrogens with one attached hydrogen (secondary N) is 2. The molecule has 0 saturated heterocycles. The van der Waals surface area contributed by atoms with Crippen LogP contribution < -0.4 is 10.6 Å². The second-order valence-corrected chi connectivity index (χ2v) is 5.01. The zero-order valence-corrected chi connectivity index (χ0v) is 16.3. The van der Waals surface area contributed by atoms with Gasteiger partial charge in [-0.15, -0.1) is 24.0 Å². The fourth-order valence-corrected chi connectivity index (χ4v) is 2.16. The summed E-state index contributed by atoms with van der Waals surface area (Å²) < 4.78 is 5.06. The molecule has 2 N–H and O–H groups in total. The molecular formula is C17H30IN3O. The Morgan fingerprint density at radius 3 is 2.50 bits per heavy atom. The highest BCUT2D eigenvalue weighted by Crippen LogP contribution is 2.19. The normalized spacial score (nSPS) is 12.4. The highest BCUT2D eigenvalue weighted by molar-refractivity contribution is 14.0. The Morgan fingerprint density at radius 1 is 1.18 bits per heavy atom. The zero-order valence-electron chi connectivity index (χ0n) is 14.0. The van der Waals surface area contributed by atoms with Crippen molar-refractivity contribution in [1.29, 1.82) is 0 Å². The van der Waals surface area contributed by atoms with E-state index in [1.54, 1.807) is 7.11 Å². The van der Waals surface area contributed by atoms with E-state index >= 15 is 0 Å². The Labute approximate surface area is 152 Å². The Balaban J connectivity index is 0.00000441. The number of benzene rings is 1. The van der Waals surface area contributed by atoms with Gasteiger partial charge in [0.2, 0.25) is 0 Å². The molecule has 0 fully saturated rings. The molecule has 1 unspecified atom stereocenters. The standard InChI is InChI=1S/C17H29N3O.HI/c1-4-15(16-10-7-6-8-11-16)14-20-17(18-5-2)19-12-9-13-21-3;/h6-8,10-11,15H,4-5,9,12-14H2,1-3H3,(H2,18,19,20);1H. The van der Waals surface area contributed by atoms with Gasteiger partial charge in [-0.2, -0.15) is 0 Å². The summed E-state index contributed by atoms with van der Waals surface area (Å²) in [5.74, 6) is 1.36. The van der Waals surface area contributed by atoms with Gasteiger partial charge in [0.05, 0.1) is 0 Å². The molecule has 0 spiro atoms. The molecule has 126 valence electrons. The molecule has 0 amide bonds. The first-order chi connectivity index (χ1) is 10.3. The van der Waals surface area contributed by atoms with Crippen molar-refractivity contribution >= 4 is 29.9 Å². The smallest absolute Gasteiger partial charge is 0.191 e. The third-order valence-corrected chi connectivity index (χ3v) is 3.40. The Bertz CT molecular complexity index is 398. The maximum absolute atomic E-state index is 5.06. The fourth-order valence-electron chi connectivity index (χ4n) is 2.16. The number of halogens is 1. The van der Waals surface area contributed by atoms with Crippen LogP contribution in [0.25, 0.3) is 0 Å². The molecular weight excluding hydrogens is 389 g/mol. The predicted molar refractivity (Wildman–Crippen MR) is 105 cm³/mol. The summed E-state index contributed by atoms with van der Waals surface area (Å²) in [6.45, 7) is 7.63. The van der Waals surface area contributed by atoms with Gasteiger partial charge < -0.3 is 15.4 Å². The number of guanidine groups is 1. The summed E-state index contributed by atoms with van der Waals surface area (Å²) in [7, 11) is 1.73. The van der Waals surface area contributed by atoms with E-state index in [0.29, 0.717) is 5.92 Å². The van der Waals surface area contributed by atoms with Gasteiger partial charge in [0.1, 0.15) is 0 Å². The lowest BCUT2D eigenvalue weighted by atomic mass is 9.97. The second kappa shape index (κ2) is 13.8. The van der Waals surface area contributed by atoms with Crippen LogP contribution in [0.5, 0.6) is 0 Å². The minimum absolute atomic E-state index is 0. The van der Waals surface area contributed by atoms with Gasteiger partial charge in [0.15, 0.2) is 5.96 Å². The van der Waals surface area contributed by atoms with Gasteiger partial charge in [-0.25, -0.2) is 0 Å². The summed E-state index contributed by atoms with van der Waals surface area (Å²) >= 11 is 0. The van der Waals surface area contributed by atoms with Gasteiger partial charge in [-0.3, -0.25) is 4.99 Å². The van der Waals surface area contributed by atoms with Crippen LogP contribution in [-0.2, 0) is 4.74 Å². The molecule has 5 heteroatoms. The first kappa shape index (κ1) is 21.2. The van der Waals surface area contributed by atoms with Crippen molar-refractivity contribution in [2.75, 3.05) is 33.4 Å². The molecule has 1 atom stereocenters. The number of aliphatic imine (C=N–C) groups is 1. The van der Waals surface area contributed by atoms with E-state index in [9.17, 15) is 0 Å². The molecule has 0 aliphatic rings. The van der Waals surface area contributed by atoms with Crippen LogP contribution in [0.1, 0.15) is 38.2 Å². The molecule has 0 aliphatic carbocycles. The Kier molecular flexibility index (Phi) is 13.3. The van der Waals surface area contributed by atoms with E-state index in [1.807, 2.05) is 0 Å². The van der Waals surface area contributed by atoms with Crippen LogP contribution >= 0.6 is 24.0 Å². The quantitative estimate of drug-likeness (QED) is 0.279. The van der Waals surface area contributed by atoms with Gasteiger partial charge >= 0.3 is 0 Å². The van der Waals surface area contributed by atoms with Crippen molar-refractivity contribution in [3.05, 3.63) is 35.9 Å². The van der Waals surface area contributed by atoms with E-state index in [2.05, 4.69) is 54.8 Å². The molecule has 0 radical (unpaired) electrons. The van der Waals surface area contributed by atoms with Crippen LogP contribution in [0.2, 0.25) is 0 Å². The highest BCUT2D eigenvalue weighted by Gasteiger charge is 2.08. The minimum atomic E-state index is 0. The number of methoxy groups -OCH3 is 1. The van der Waals surface area contributed by atoms with Crippen LogP contribution in [0.15, 0.2) is 35.3 Å². The fraction of sp³-hybridized carbons (Fsp3) is 0.588. The van der Waals surface area contributed by atoms with Crippen LogP contribution in [0, 0.1) is 0 Å². The van der Waals surface area contributed by atoms with E-state index in [0.717, 1.165) is 45.0 Å². The van der Waals surface area contributed by atoms with E-state index in [4.69, 9.17) is 9.73 Å².